The van der Waals surface area contributed by atoms with E-state index in [1.165, 1.54) is 0 Å². The molecule has 0 aromatic heterocycles. The number of ketones is 1. The first-order valence-electron chi connectivity index (χ1n) is 10.0. The van der Waals surface area contributed by atoms with Crippen molar-refractivity contribution in [2.75, 3.05) is 26.3 Å². The lowest BCUT2D eigenvalue weighted by Crippen LogP contribution is -2.39. The van der Waals surface area contributed by atoms with Gasteiger partial charge in [-0.2, -0.15) is 5.26 Å². The van der Waals surface area contributed by atoms with E-state index in [4.69, 9.17) is 14.7 Å². The van der Waals surface area contributed by atoms with E-state index >= 15 is 0 Å². The van der Waals surface area contributed by atoms with Crippen molar-refractivity contribution in [3.63, 3.8) is 0 Å². The number of benzene rings is 2. The van der Waals surface area contributed by atoms with Crippen LogP contribution in [0.4, 0.5) is 0 Å². The first-order chi connectivity index (χ1) is 14.6. The zero-order chi connectivity index (χ0) is 20.9. The molecule has 6 heteroatoms. The van der Waals surface area contributed by atoms with Gasteiger partial charge >= 0.3 is 0 Å². The molecule has 2 aliphatic rings. The molecule has 4 rings (SSSR count). The molecule has 0 spiro atoms. The Hall–Kier alpha value is -3.59. The minimum Gasteiger partial charge on any atom is -0.486 e. The van der Waals surface area contributed by atoms with Crippen molar-refractivity contribution >= 4 is 17.8 Å². The molecule has 1 saturated heterocycles. The Labute approximate surface area is 175 Å². The molecule has 2 heterocycles. The van der Waals surface area contributed by atoms with Crippen LogP contribution in [-0.4, -0.2) is 42.9 Å². The Morgan fingerprint density at radius 3 is 2.40 bits per heavy atom. The zero-order valence-electron chi connectivity index (χ0n) is 16.5. The van der Waals surface area contributed by atoms with E-state index < -0.39 is 0 Å². The van der Waals surface area contributed by atoms with Gasteiger partial charge in [0, 0.05) is 30.6 Å². The summed E-state index contributed by atoms with van der Waals surface area (Å²) in [5, 5.41) is 8.84. The maximum Gasteiger partial charge on any atom is 0.246 e. The van der Waals surface area contributed by atoms with Crippen LogP contribution in [0.5, 0.6) is 11.5 Å². The molecule has 1 fully saturated rings. The molecule has 2 aromatic rings. The van der Waals surface area contributed by atoms with Gasteiger partial charge in [-0.3, -0.25) is 9.59 Å². The van der Waals surface area contributed by atoms with Crippen molar-refractivity contribution in [1.29, 1.82) is 5.26 Å². The van der Waals surface area contributed by atoms with E-state index in [-0.39, 0.29) is 17.6 Å². The second-order valence-corrected chi connectivity index (χ2v) is 7.39. The Balaban J connectivity index is 1.33. The third-order valence-corrected chi connectivity index (χ3v) is 5.46. The number of nitrogens with zero attached hydrogens (tertiary/aromatic N) is 2. The van der Waals surface area contributed by atoms with Gasteiger partial charge < -0.3 is 14.4 Å². The number of rotatable bonds is 4. The summed E-state index contributed by atoms with van der Waals surface area (Å²) in [6, 6.07) is 14.5. The van der Waals surface area contributed by atoms with Crippen molar-refractivity contribution in [2.24, 2.45) is 5.92 Å². The SMILES string of the molecule is N#Cc1ccc(/C=C/C(=O)N2CCC(C(=O)c3ccc4c(c3)OCCO4)CC2)cc1. The highest BCUT2D eigenvalue weighted by Gasteiger charge is 2.28. The Morgan fingerprint density at radius 2 is 1.70 bits per heavy atom. The maximum absolute atomic E-state index is 12.9. The standard InChI is InChI=1S/C24H22N2O4/c25-16-18-3-1-17(2-4-18)5-8-23(27)26-11-9-19(10-12-26)24(28)20-6-7-21-22(15-20)30-14-13-29-21/h1-8,15,19H,9-14H2/b8-5+. The van der Waals surface area contributed by atoms with E-state index in [2.05, 4.69) is 6.07 Å². The fourth-order valence-corrected chi connectivity index (χ4v) is 3.74. The van der Waals surface area contributed by atoms with E-state index in [9.17, 15) is 9.59 Å². The highest BCUT2D eigenvalue weighted by atomic mass is 16.6. The number of likely N-dealkylation sites (tertiary alicyclic amines) is 1. The quantitative estimate of drug-likeness (QED) is 0.578. The molecule has 6 nitrogen and oxygen atoms in total. The number of ether oxygens (including phenoxy) is 2. The first-order valence-corrected chi connectivity index (χ1v) is 10.0. The lowest BCUT2D eigenvalue weighted by atomic mass is 9.88. The minimum atomic E-state index is -0.0980. The van der Waals surface area contributed by atoms with Crippen LogP contribution < -0.4 is 9.47 Å². The predicted molar refractivity (Wildman–Crippen MR) is 111 cm³/mol. The van der Waals surface area contributed by atoms with Crippen molar-refractivity contribution in [1.82, 2.24) is 4.90 Å². The summed E-state index contributed by atoms with van der Waals surface area (Å²) in [6.07, 6.45) is 4.58. The van der Waals surface area contributed by atoms with Gasteiger partial charge in [0.1, 0.15) is 13.2 Å². The van der Waals surface area contributed by atoms with E-state index in [1.807, 2.05) is 0 Å². The second-order valence-electron chi connectivity index (χ2n) is 7.39. The van der Waals surface area contributed by atoms with Gasteiger partial charge in [-0.05, 0) is 54.8 Å². The minimum absolute atomic E-state index is 0.0652. The molecule has 2 aromatic carbocycles. The van der Waals surface area contributed by atoms with Crippen LogP contribution in [0, 0.1) is 17.2 Å². The smallest absolute Gasteiger partial charge is 0.246 e. The molecule has 152 valence electrons. The van der Waals surface area contributed by atoms with Gasteiger partial charge in [-0.25, -0.2) is 0 Å². The average molecular weight is 402 g/mol. The van der Waals surface area contributed by atoms with Crippen molar-refractivity contribution in [2.45, 2.75) is 12.8 Å². The van der Waals surface area contributed by atoms with Crippen LogP contribution in [0.2, 0.25) is 0 Å². The number of fused-ring (bicyclic) bond motifs is 1. The molecule has 0 atom stereocenters. The fourth-order valence-electron chi connectivity index (χ4n) is 3.74. The number of nitriles is 1. The lowest BCUT2D eigenvalue weighted by molar-refractivity contribution is -0.127. The van der Waals surface area contributed by atoms with E-state index in [0.29, 0.717) is 61.8 Å². The summed E-state index contributed by atoms with van der Waals surface area (Å²) in [4.78, 5) is 27.1. The molecule has 0 unspecified atom stereocenters. The third kappa shape index (κ3) is 4.36. The summed E-state index contributed by atoms with van der Waals surface area (Å²) in [5.74, 6) is 1.22. The summed E-state index contributed by atoms with van der Waals surface area (Å²) >= 11 is 0. The normalized spacial score (nSPS) is 16.3. The fraction of sp³-hybridized carbons (Fsp3) is 0.292. The van der Waals surface area contributed by atoms with Crippen molar-refractivity contribution in [3.8, 4) is 17.6 Å². The Bertz CT molecular complexity index is 1010. The molecule has 0 saturated carbocycles. The highest BCUT2D eigenvalue weighted by molar-refractivity contribution is 5.99. The molecule has 30 heavy (non-hydrogen) atoms. The maximum atomic E-state index is 12.9. The van der Waals surface area contributed by atoms with Crippen LogP contribution >= 0.6 is 0 Å². The molecule has 2 aliphatic heterocycles. The van der Waals surface area contributed by atoms with Gasteiger partial charge in [0.25, 0.3) is 0 Å². The molecule has 0 N–H and O–H groups in total. The third-order valence-electron chi connectivity index (χ3n) is 5.46. The van der Waals surface area contributed by atoms with Gasteiger partial charge in [0.2, 0.25) is 5.91 Å². The molecule has 0 radical (unpaired) electrons. The molecule has 1 amide bonds. The van der Waals surface area contributed by atoms with Gasteiger partial charge in [-0.1, -0.05) is 12.1 Å². The van der Waals surface area contributed by atoms with Crippen molar-refractivity contribution < 1.29 is 19.1 Å². The Kier molecular flexibility index (Phi) is 5.80. The number of hydrogen-bond donors (Lipinski definition) is 0. The van der Waals surface area contributed by atoms with Gasteiger partial charge in [0.05, 0.1) is 11.6 Å². The van der Waals surface area contributed by atoms with Crippen LogP contribution in [0.3, 0.4) is 0 Å². The molecular formula is C24H22N2O4. The first kappa shape index (κ1) is 19.7. The highest BCUT2D eigenvalue weighted by Crippen LogP contribution is 2.32. The van der Waals surface area contributed by atoms with Crippen LogP contribution in [0.15, 0.2) is 48.5 Å². The van der Waals surface area contributed by atoms with Crippen LogP contribution in [0.25, 0.3) is 6.08 Å². The number of hydrogen-bond acceptors (Lipinski definition) is 5. The molecule has 0 aliphatic carbocycles. The topological polar surface area (TPSA) is 79.6 Å². The van der Waals surface area contributed by atoms with E-state index in [0.717, 1.165) is 5.56 Å². The second kappa shape index (κ2) is 8.83. The van der Waals surface area contributed by atoms with Crippen LogP contribution in [-0.2, 0) is 4.79 Å². The monoisotopic (exact) mass is 402 g/mol. The summed E-state index contributed by atoms with van der Waals surface area (Å²) < 4.78 is 11.1. The number of piperidine rings is 1. The van der Waals surface area contributed by atoms with E-state index in [1.54, 1.807) is 59.5 Å². The van der Waals surface area contributed by atoms with Gasteiger partial charge in [-0.15, -0.1) is 0 Å². The number of Topliss-reactive ketones (excluding diaryl/α,β-unsaturated/α-hetero) is 1. The average Bonchev–Trinajstić information content (AvgIpc) is 2.82. The Morgan fingerprint density at radius 1 is 1.00 bits per heavy atom. The van der Waals surface area contributed by atoms with Crippen molar-refractivity contribution in [3.05, 3.63) is 65.2 Å². The summed E-state index contributed by atoms with van der Waals surface area (Å²) in [7, 11) is 0. The molecular weight excluding hydrogens is 380 g/mol. The predicted octanol–water partition coefficient (Wildman–Crippen LogP) is 3.46. The summed E-state index contributed by atoms with van der Waals surface area (Å²) in [6.45, 7) is 2.11. The van der Waals surface area contributed by atoms with Crippen LogP contribution in [0.1, 0.15) is 34.3 Å². The summed E-state index contributed by atoms with van der Waals surface area (Å²) in [5.41, 5.74) is 2.08. The molecule has 0 bridgehead atoms. The number of carbonyl (C=O) groups is 2. The number of carbonyl (C=O) groups excluding carboxylic acids is 2. The largest absolute Gasteiger partial charge is 0.486 e. The number of amides is 1. The zero-order valence-corrected chi connectivity index (χ0v) is 16.5. The lowest BCUT2D eigenvalue weighted by Gasteiger charge is -2.30. The van der Waals surface area contributed by atoms with Gasteiger partial charge in [0.15, 0.2) is 17.3 Å².